The van der Waals surface area contributed by atoms with Crippen LogP contribution in [0.1, 0.15) is 95.9 Å². The quantitative estimate of drug-likeness (QED) is 0.144. The Kier molecular flexibility index (Phi) is 13.3. The Bertz CT molecular complexity index is 757. The number of hydrogen-bond donors (Lipinski definition) is 0. The maximum Gasteiger partial charge on any atom is 0.192 e. The van der Waals surface area contributed by atoms with Crippen molar-refractivity contribution in [3.8, 4) is 0 Å². The summed E-state index contributed by atoms with van der Waals surface area (Å²) >= 11 is 0. The summed E-state index contributed by atoms with van der Waals surface area (Å²) in [7, 11) is -7.54. The molecule has 0 radical (unpaired) electrons. The first-order chi connectivity index (χ1) is 16.9. The van der Waals surface area contributed by atoms with Gasteiger partial charge in [-0.1, -0.05) is 93.5 Å². The highest BCUT2D eigenvalue weighted by Gasteiger charge is 2.49. The molecule has 0 aromatic carbocycles. The number of hydrogen-bond acceptors (Lipinski definition) is 3. The van der Waals surface area contributed by atoms with E-state index >= 15 is 0 Å². The van der Waals surface area contributed by atoms with Crippen molar-refractivity contribution in [3.63, 3.8) is 0 Å². The average Bonchev–Trinajstić information content (AvgIpc) is 2.63. The zero-order valence-electron chi connectivity index (χ0n) is 30.1. The van der Waals surface area contributed by atoms with Crippen molar-refractivity contribution in [1.29, 1.82) is 0 Å². The smallest absolute Gasteiger partial charge is 0.192 e. The Morgan fingerprint density at radius 2 is 0.744 bits per heavy atom. The van der Waals surface area contributed by atoms with E-state index < -0.39 is 33.3 Å². The van der Waals surface area contributed by atoms with Gasteiger partial charge in [-0.25, -0.2) is 0 Å². The second kappa shape index (κ2) is 13.3. The molecule has 0 rings (SSSR count). The predicted octanol–water partition coefficient (Wildman–Crippen LogP) is 11.7. The third kappa shape index (κ3) is 11.4. The summed E-state index contributed by atoms with van der Waals surface area (Å²) < 4.78 is 20.4. The molecule has 0 saturated heterocycles. The molecule has 0 aliphatic heterocycles. The molecule has 0 aromatic heterocycles. The number of rotatable bonds is 14. The Balaban J connectivity index is 5.36. The SMILES string of the molecule is C[C@H](C=CCC(C)(C)[Si](C)(C)O[Si](C)(C)C(C)(C)CC=C[C@@H](C)O[Si](C)(C)C(C)(C)C)O[Si](C)(C)C(C)(C)C. The predicted molar refractivity (Wildman–Crippen MR) is 187 cm³/mol. The van der Waals surface area contributed by atoms with Crippen LogP contribution in [-0.4, -0.2) is 45.5 Å². The van der Waals surface area contributed by atoms with Crippen LogP contribution in [0.15, 0.2) is 24.3 Å². The number of allylic oxidation sites excluding steroid dienone is 2. The highest BCUT2D eigenvalue weighted by atomic mass is 28.4. The van der Waals surface area contributed by atoms with E-state index in [9.17, 15) is 0 Å². The summed E-state index contributed by atoms with van der Waals surface area (Å²) in [6.45, 7) is 46.8. The largest absolute Gasteiger partial charge is 0.455 e. The van der Waals surface area contributed by atoms with Gasteiger partial charge in [0.05, 0.1) is 12.2 Å². The molecule has 7 heteroatoms. The lowest BCUT2D eigenvalue weighted by Crippen LogP contribution is -2.54. The minimum absolute atomic E-state index is 0.127. The van der Waals surface area contributed by atoms with Crippen molar-refractivity contribution in [3.05, 3.63) is 24.3 Å². The average molecular weight is 615 g/mol. The molecule has 0 saturated carbocycles. The van der Waals surface area contributed by atoms with Gasteiger partial charge in [0, 0.05) is 0 Å². The third-order valence-electron chi connectivity index (χ3n) is 10.4. The van der Waals surface area contributed by atoms with Gasteiger partial charge < -0.3 is 13.0 Å². The van der Waals surface area contributed by atoms with Crippen molar-refractivity contribution in [2.75, 3.05) is 0 Å². The lowest BCUT2D eigenvalue weighted by molar-refractivity contribution is 0.242. The lowest BCUT2D eigenvalue weighted by Gasteiger charge is -2.49. The first-order valence-electron chi connectivity index (χ1n) is 15.3. The summed E-state index contributed by atoms with van der Waals surface area (Å²) in [5.74, 6) is 0. The van der Waals surface area contributed by atoms with Crippen LogP contribution >= 0.6 is 0 Å². The molecule has 0 bridgehead atoms. The second-order valence-electron chi connectivity index (χ2n) is 17.3. The fourth-order valence-corrected chi connectivity index (χ4v) is 15.1. The summed E-state index contributed by atoms with van der Waals surface area (Å²) in [5.41, 5.74) is 0. The molecule has 0 amide bonds. The van der Waals surface area contributed by atoms with E-state index in [0.29, 0.717) is 0 Å². The van der Waals surface area contributed by atoms with Gasteiger partial charge in [0.2, 0.25) is 0 Å². The van der Waals surface area contributed by atoms with Crippen molar-refractivity contribution >= 4 is 33.3 Å². The van der Waals surface area contributed by atoms with Crippen molar-refractivity contribution in [1.82, 2.24) is 0 Å². The lowest BCUT2D eigenvalue weighted by atomic mass is 10.1. The Labute approximate surface area is 250 Å². The molecule has 39 heavy (non-hydrogen) atoms. The van der Waals surface area contributed by atoms with Crippen LogP contribution in [0.25, 0.3) is 0 Å². The molecule has 0 spiro atoms. The van der Waals surface area contributed by atoms with Crippen LogP contribution in [0.4, 0.5) is 0 Å². The fourth-order valence-electron chi connectivity index (χ4n) is 3.88. The van der Waals surface area contributed by atoms with Gasteiger partial charge in [-0.3, -0.25) is 0 Å². The van der Waals surface area contributed by atoms with Gasteiger partial charge in [0.25, 0.3) is 0 Å². The van der Waals surface area contributed by atoms with Gasteiger partial charge in [-0.05, 0) is 99.2 Å². The van der Waals surface area contributed by atoms with Crippen LogP contribution in [0, 0.1) is 0 Å². The van der Waals surface area contributed by atoms with Gasteiger partial charge in [0.1, 0.15) is 0 Å². The van der Waals surface area contributed by atoms with Gasteiger partial charge in [0.15, 0.2) is 33.3 Å². The van der Waals surface area contributed by atoms with E-state index in [1.165, 1.54) is 0 Å². The van der Waals surface area contributed by atoms with E-state index in [1.807, 2.05) is 0 Å². The molecule has 0 N–H and O–H groups in total. The molecule has 0 fully saturated rings. The maximum atomic E-state index is 7.28. The zero-order chi connectivity index (χ0) is 31.5. The molecule has 0 aliphatic carbocycles. The highest BCUT2D eigenvalue weighted by Crippen LogP contribution is 2.49. The Morgan fingerprint density at radius 1 is 0.487 bits per heavy atom. The molecule has 2 atom stereocenters. The van der Waals surface area contributed by atoms with E-state index in [-0.39, 0.29) is 32.4 Å². The Hall–Kier alpha value is 0.228. The van der Waals surface area contributed by atoms with Gasteiger partial charge in [-0.2, -0.15) is 0 Å². The van der Waals surface area contributed by atoms with E-state index in [0.717, 1.165) is 12.8 Å². The zero-order valence-corrected chi connectivity index (χ0v) is 34.1. The molecule has 3 nitrogen and oxygen atoms in total. The summed E-state index contributed by atoms with van der Waals surface area (Å²) in [6.07, 6.45) is 11.6. The van der Waals surface area contributed by atoms with E-state index in [1.54, 1.807) is 0 Å². The van der Waals surface area contributed by atoms with E-state index in [4.69, 9.17) is 13.0 Å². The van der Waals surface area contributed by atoms with Crippen LogP contribution in [0.5, 0.6) is 0 Å². The molecule has 0 aromatic rings. The Morgan fingerprint density at radius 3 is 0.974 bits per heavy atom. The maximum absolute atomic E-state index is 7.28. The molecule has 0 heterocycles. The van der Waals surface area contributed by atoms with Crippen molar-refractivity contribution < 1.29 is 13.0 Å². The first kappa shape index (κ1) is 39.2. The topological polar surface area (TPSA) is 27.7 Å². The van der Waals surface area contributed by atoms with Crippen LogP contribution < -0.4 is 0 Å². The van der Waals surface area contributed by atoms with Crippen LogP contribution in [0.2, 0.25) is 72.5 Å². The summed E-state index contributed by atoms with van der Waals surface area (Å²) in [5, 5.41) is 0.708. The summed E-state index contributed by atoms with van der Waals surface area (Å²) in [4.78, 5) is 0. The summed E-state index contributed by atoms with van der Waals surface area (Å²) in [6, 6.07) is 0. The van der Waals surface area contributed by atoms with Crippen molar-refractivity contribution in [2.24, 2.45) is 0 Å². The normalized spacial score (nSPS) is 17.3. The van der Waals surface area contributed by atoms with Gasteiger partial charge in [-0.15, -0.1) is 0 Å². The first-order valence-corrected chi connectivity index (χ1v) is 26.9. The highest BCUT2D eigenvalue weighted by molar-refractivity contribution is 6.87. The monoisotopic (exact) mass is 614 g/mol. The fraction of sp³-hybridized carbons (Fsp3) is 0.875. The molecule has 0 unspecified atom stereocenters. The molecular weight excluding hydrogens is 545 g/mol. The minimum atomic E-state index is -2.00. The molecular formula is C32H70O3Si4. The van der Waals surface area contributed by atoms with E-state index in [2.05, 4.69) is 160 Å². The van der Waals surface area contributed by atoms with Gasteiger partial charge >= 0.3 is 0 Å². The molecule has 0 aliphatic rings. The van der Waals surface area contributed by atoms with Crippen molar-refractivity contribution in [2.45, 2.75) is 181 Å². The second-order valence-corrected chi connectivity index (χ2v) is 36.4. The standard InChI is InChI=1S/C32H70O3Si4/c1-27(33-36(13,14)29(3,4)5)23-21-25-31(9,10)38(17,18)35-39(19,20)32(11,12)26-22-24-28(2)34-37(15,16)30(6,7)8/h21-24,27-28H,25-26H2,1-20H3/t27-,28-/m1/s1. The van der Waals surface area contributed by atoms with Crippen LogP contribution in [0.3, 0.4) is 0 Å². The minimum Gasteiger partial charge on any atom is -0.455 e. The van der Waals surface area contributed by atoms with Crippen LogP contribution in [-0.2, 0) is 13.0 Å². The third-order valence-corrected chi connectivity index (χ3v) is 30.6. The molecule has 232 valence electrons.